The average Bonchev–Trinajstić information content (AvgIpc) is 2.82. The smallest absolute Gasteiger partial charge is 0.269 e. The Kier molecular flexibility index (Phi) is 4.19. The SMILES string of the molecule is C[C@@H]1CCCN(C(=O)CNC(=O)c2ccnn2C)C1. The van der Waals surface area contributed by atoms with Gasteiger partial charge in [0.2, 0.25) is 5.91 Å². The summed E-state index contributed by atoms with van der Waals surface area (Å²) in [6.45, 7) is 3.79. The Bertz CT molecular complexity index is 469. The van der Waals surface area contributed by atoms with E-state index in [4.69, 9.17) is 0 Å². The minimum atomic E-state index is -0.265. The minimum absolute atomic E-state index is 0.0120. The molecule has 104 valence electrons. The molecule has 1 aliphatic rings. The van der Waals surface area contributed by atoms with Crippen LogP contribution in [0.5, 0.6) is 0 Å². The molecule has 1 aromatic rings. The third-order valence-corrected chi connectivity index (χ3v) is 3.46. The van der Waals surface area contributed by atoms with Gasteiger partial charge in [-0.1, -0.05) is 6.92 Å². The van der Waals surface area contributed by atoms with Crippen molar-refractivity contribution in [2.24, 2.45) is 13.0 Å². The number of carbonyl (C=O) groups excluding carboxylic acids is 2. The van der Waals surface area contributed by atoms with Gasteiger partial charge in [0.1, 0.15) is 5.69 Å². The number of nitrogens with zero attached hydrogens (tertiary/aromatic N) is 3. The van der Waals surface area contributed by atoms with Crippen LogP contribution in [0.15, 0.2) is 12.3 Å². The topological polar surface area (TPSA) is 67.2 Å². The Balaban J connectivity index is 1.83. The molecule has 6 heteroatoms. The summed E-state index contributed by atoms with van der Waals surface area (Å²) in [7, 11) is 1.70. The Labute approximate surface area is 112 Å². The first-order chi connectivity index (χ1) is 9.08. The molecule has 0 unspecified atom stereocenters. The van der Waals surface area contributed by atoms with E-state index >= 15 is 0 Å². The number of carbonyl (C=O) groups is 2. The number of piperidine rings is 1. The van der Waals surface area contributed by atoms with Gasteiger partial charge in [0.15, 0.2) is 0 Å². The lowest BCUT2D eigenvalue weighted by Crippen LogP contribution is -2.44. The van der Waals surface area contributed by atoms with Crippen LogP contribution in [0, 0.1) is 5.92 Å². The third-order valence-electron chi connectivity index (χ3n) is 3.46. The van der Waals surface area contributed by atoms with Gasteiger partial charge in [-0.25, -0.2) is 0 Å². The molecule has 0 aliphatic carbocycles. The lowest BCUT2D eigenvalue weighted by Gasteiger charge is -2.31. The van der Waals surface area contributed by atoms with E-state index in [1.54, 1.807) is 19.3 Å². The Morgan fingerprint density at radius 1 is 1.53 bits per heavy atom. The number of hydrogen-bond donors (Lipinski definition) is 1. The summed E-state index contributed by atoms with van der Waals surface area (Å²) >= 11 is 0. The van der Waals surface area contributed by atoms with Crippen LogP contribution in [0.25, 0.3) is 0 Å². The molecule has 1 N–H and O–H groups in total. The quantitative estimate of drug-likeness (QED) is 0.859. The predicted octanol–water partition coefficient (Wildman–Crippen LogP) is 0.408. The molecule has 1 saturated heterocycles. The van der Waals surface area contributed by atoms with E-state index in [1.807, 2.05) is 4.90 Å². The van der Waals surface area contributed by atoms with Crippen molar-refractivity contribution in [3.05, 3.63) is 18.0 Å². The zero-order chi connectivity index (χ0) is 13.8. The number of aryl methyl sites for hydroxylation is 1. The molecule has 2 heterocycles. The summed E-state index contributed by atoms with van der Waals surface area (Å²) in [5, 5.41) is 6.57. The zero-order valence-corrected chi connectivity index (χ0v) is 11.4. The summed E-state index contributed by atoms with van der Waals surface area (Å²) in [6, 6.07) is 1.63. The van der Waals surface area contributed by atoms with Crippen LogP contribution in [0.4, 0.5) is 0 Å². The number of rotatable bonds is 3. The van der Waals surface area contributed by atoms with E-state index in [0.29, 0.717) is 11.6 Å². The van der Waals surface area contributed by atoms with E-state index < -0.39 is 0 Å². The van der Waals surface area contributed by atoms with E-state index in [0.717, 1.165) is 19.5 Å². The summed E-state index contributed by atoms with van der Waals surface area (Å²) in [5.41, 5.74) is 0.458. The highest BCUT2D eigenvalue weighted by atomic mass is 16.2. The maximum atomic E-state index is 12.0. The van der Waals surface area contributed by atoms with E-state index in [2.05, 4.69) is 17.3 Å². The Morgan fingerprint density at radius 2 is 2.32 bits per heavy atom. The van der Waals surface area contributed by atoms with Crippen molar-refractivity contribution in [3.63, 3.8) is 0 Å². The second kappa shape index (κ2) is 5.86. The van der Waals surface area contributed by atoms with Crippen molar-refractivity contribution in [1.82, 2.24) is 20.0 Å². The molecule has 6 nitrogen and oxygen atoms in total. The molecule has 1 atom stereocenters. The molecular weight excluding hydrogens is 244 g/mol. The van der Waals surface area contributed by atoms with E-state index in [1.165, 1.54) is 11.1 Å². The molecule has 2 amide bonds. The molecule has 2 rings (SSSR count). The van der Waals surface area contributed by atoms with Crippen LogP contribution in [0.2, 0.25) is 0 Å². The first-order valence-corrected chi connectivity index (χ1v) is 6.62. The molecule has 1 fully saturated rings. The largest absolute Gasteiger partial charge is 0.342 e. The zero-order valence-electron chi connectivity index (χ0n) is 11.4. The molecule has 0 aromatic carbocycles. The van der Waals surface area contributed by atoms with Crippen LogP contribution in [0.1, 0.15) is 30.3 Å². The molecule has 0 radical (unpaired) electrons. The second-order valence-corrected chi connectivity index (χ2v) is 5.11. The van der Waals surface area contributed by atoms with Crippen molar-refractivity contribution in [2.75, 3.05) is 19.6 Å². The monoisotopic (exact) mass is 264 g/mol. The number of likely N-dealkylation sites (tertiary alicyclic amines) is 1. The Hall–Kier alpha value is -1.85. The first kappa shape index (κ1) is 13.6. The lowest BCUT2D eigenvalue weighted by molar-refractivity contribution is -0.131. The maximum Gasteiger partial charge on any atom is 0.269 e. The predicted molar refractivity (Wildman–Crippen MR) is 70.5 cm³/mol. The summed E-state index contributed by atoms with van der Waals surface area (Å²) in [4.78, 5) is 25.7. The Morgan fingerprint density at radius 3 is 2.95 bits per heavy atom. The fourth-order valence-electron chi connectivity index (χ4n) is 2.37. The van der Waals surface area contributed by atoms with Gasteiger partial charge in [-0.2, -0.15) is 5.10 Å². The summed E-state index contributed by atoms with van der Waals surface area (Å²) < 4.78 is 1.49. The van der Waals surface area contributed by atoms with Crippen LogP contribution in [-0.2, 0) is 11.8 Å². The maximum absolute atomic E-state index is 12.0. The van der Waals surface area contributed by atoms with Gasteiger partial charge in [0.25, 0.3) is 5.91 Å². The highest BCUT2D eigenvalue weighted by Crippen LogP contribution is 2.15. The lowest BCUT2D eigenvalue weighted by atomic mass is 10.0. The fourth-order valence-corrected chi connectivity index (χ4v) is 2.37. The van der Waals surface area contributed by atoms with Gasteiger partial charge < -0.3 is 10.2 Å². The van der Waals surface area contributed by atoms with Gasteiger partial charge >= 0.3 is 0 Å². The van der Waals surface area contributed by atoms with Gasteiger partial charge in [-0.05, 0) is 24.8 Å². The van der Waals surface area contributed by atoms with E-state index in [9.17, 15) is 9.59 Å². The third kappa shape index (κ3) is 3.33. The van der Waals surface area contributed by atoms with Crippen LogP contribution < -0.4 is 5.32 Å². The molecule has 0 spiro atoms. The average molecular weight is 264 g/mol. The molecule has 19 heavy (non-hydrogen) atoms. The van der Waals surface area contributed by atoms with Crippen LogP contribution in [-0.4, -0.2) is 46.1 Å². The molecule has 1 aliphatic heterocycles. The van der Waals surface area contributed by atoms with Crippen LogP contribution in [0.3, 0.4) is 0 Å². The normalized spacial score (nSPS) is 19.3. The van der Waals surface area contributed by atoms with E-state index in [-0.39, 0.29) is 18.4 Å². The van der Waals surface area contributed by atoms with Gasteiger partial charge in [0, 0.05) is 26.3 Å². The highest BCUT2D eigenvalue weighted by molar-refractivity contribution is 5.95. The standard InChI is InChI=1S/C13H20N4O2/c1-10-4-3-7-17(9-10)12(18)8-14-13(19)11-5-6-15-16(11)2/h5-6,10H,3-4,7-9H2,1-2H3,(H,14,19)/t10-/m1/s1. The first-order valence-electron chi connectivity index (χ1n) is 6.62. The molecule has 1 aromatic heterocycles. The number of aromatic nitrogens is 2. The minimum Gasteiger partial charge on any atom is -0.342 e. The number of amides is 2. The van der Waals surface area contributed by atoms with Crippen molar-refractivity contribution >= 4 is 11.8 Å². The number of hydrogen-bond acceptors (Lipinski definition) is 3. The molecule has 0 bridgehead atoms. The molecular formula is C13H20N4O2. The van der Waals surface area contributed by atoms with Gasteiger partial charge in [-0.15, -0.1) is 0 Å². The summed E-state index contributed by atoms with van der Waals surface area (Å²) in [5.74, 6) is 0.269. The number of nitrogens with one attached hydrogen (secondary N) is 1. The highest BCUT2D eigenvalue weighted by Gasteiger charge is 2.21. The second-order valence-electron chi connectivity index (χ2n) is 5.11. The van der Waals surface area contributed by atoms with Crippen molar-refractivity contribution in [2.45, 2.75) is 19.8 Å². The van der Waals surface area contributed by atoms with Crippen molar-refractivity contribution in [3.8, 4) is 0 Å². The van der Waals surface area contributed by atoms with Gasteiger partial charge in [0.05, 0.1) is 6.54 Å². The molecule has 0 saturated carbocycles. The summed E-state index contributed by atoms with van der Waals surface area (Å²) in [6.07, 6.45) is 3.77. The van der Waals surface area contributed by atoms with Crippen molar-refractivity contribution in [1.29, 1.82) is 0 Å². The van der Waals surface area contributed by atoms with Crippen molar-refractivity contribution < 1.29 is 9.59 Å². The van der Waals surface area contributed by atoms with Crippen LogP contribution >= 0.6 is 0 Å². The van der Waals surface area contributed by atoms with Gasteiger partial charge in [-0.3, -0.25) is 14.3 Å². The fraction of sp³-hybridized carbons (Fsp3) is 0.615.